The van der Waals surface area contributed by atoms with Gasteiger partial charge in [-0.15, -0.1) is 24.0 Å². The van der Waals surface area contributed by atoms with E-state index in [4.69, 9.17) is 0 Å². The van der Waals surface area contributed by atoms with Crippen LogP contribution < -0.4 is 10.6 Å². The van der Waals surface area contributed by atoms with E-state index in [1.54, 1.807) is 13.1 Å². The first-order valence-electron chi connectivity index (χ1n) is 9.68. The first-order chi connectivity index (χ1) is 13.4. The van der Waals surface area contributed by atoms with Crippen LogP contribution in [0.3, 0.4) is 0 Å². The van der Waals surface area contributed by atoms with Gasteiger partial charge < -0.3 is 10.6 Å². The number of nitrogens with zero attached hydrogens (tertiary/aromatic N) is 1. The van der Waals surface area contributed by atoms with E-state index in [1.807, 2.05) is 25.1 Å². The highest BCUT2D eigenvalue weighted by Gasteiger charge is 2.10. The second-order valence-corrected chi connectivity index (χ2v) is 9.00. The second kappa shape index (κ2) is 12.8. The summed E-state index contributed by atoms with van der Waals surface area (Å²) >= 11 is 0. The molecule has 0 aliphatic heterocycles. The predicted octanol–water partition coefficient (Wildman–Crippen LogP) is 4.09. The van der Waals surface area contributed by atoms with Crippen LogP contribution in [0.2, 0.25) is 0 Å². The molecule has 0 aliphatic rings. The van der Waals surface area contributed by atoms with Crippen LogP contribution in [0.25, 0.3) is 0 Å². The van der Waals surface area contributed by atoms with E-state index in [0.717, 1.165) is 36.5 Å². The Labute approximate surface area is 192 Å². The molecule has 0 atom stereocenters. The minimum atomic E-state index is -3.18. The molecule has 2 aromatic rings. The van der Waals surface area contributed by atoms with E-state index < -0.39 is 9.84 Å². The molecule has 0 saturated heterocycles. The van der Waals surface area contributed by atoms with Crippen molar-refractivity contribution in [2.75, 3.05) is 19.8 Å². The van der Waals surface area contributed by atoms with Crippen molar-refractivity contribution in [3.8, 4) is 0 Å². The maximum Gasteiger partial charge on any atom is 0.191 e. The molecular weight excluding hydrogens is 497 g/mol. The van der Waals surface area contributed by atoms with Gasteiger partial charge in [-0.1, -0.05) is 48.9 Å². The maximum atomic E-state index is 11.7. The summed E-state index contributed by atoms with van der Waals surface area (Å²) < 4.78 is 23.4. The van der Waals surface area contributed by atoms with Crippen LogP contribution in [0.5, 0.6) is 0 Å². The molecule has 160 valence electrons. The van der Waals surface area contributed by atoms with Gasteiger partial charge in [0.05, 0.1) is 4.90 Å². The average Bonchev–Trinajstić information content (AvgIpc) is 2.66. The summed E-state index contributed by atoms with van der Waals surface area (Å²) in [6.07, 6.45) is 5.81. The Morgan fingerprint density at radius 3 is 2.31 bits per heavy atom. The van der Waals surface area contributed by atoms with Gasteiger partial charge in [-0.05, 0) is 48.9 Å². The monoisotopic (exact) mass is 529 g/mol. The highest BCUT2D eigenvalue weighted by molar-refractivity contribution is 14.0. The van der Waals surface area contributed by atoms with Gasteiger partial charge >= 0.3 is 0 Å². The summed E-state index contributed by atoms with van der Waals surface area (Å²) in [6.45, 7) is 3.29. The van der Waals surface area contributed by atoms with Gasteiger partial charge in [0.1, 0.15) is 0 Å². The van der Waals surface area contributed by atoms with Gasteiger partial charge in [0.2, 0.25) is 0 Å². The van der Waals surface area contributed by atoms with Crippen molar-refractivity contribution < 1.29 is 8.42 Å². The molecule has 0 heterocycles. The molecule has 7 heteroatoms. The maximum absolute atomic E-state index is 11.7. The zero-order valence-corrected chi connectivity index (χ0v) is 20.6. The highest BCUT2D eigenvalue weighted by atomic mass is 127. The van der Waals surface area contributed by atoms with Crippen LogP contribution >= 0.6 is 24.0 Å². The van der Waals surface area contributed by atoms with E-state index in [2.05, 4.69) is 39.9 Å². The molecule has 2 N–H and O–H groups in total. The van der Waals surface area contributed by atoms with Crippen molar-refractivity contribution >= 4 is 39.8 Å². The summed E-state index contributed by atoms with van der Waals surface area (Å²) in [7, 11) is -1.43. The number of unbranched alkanes of at least 4 members (excludes halogenated alkanes) is 2. The lowest BCUT2D eigenvalue weighted by Gasteiger charge is -2.13. The summed E-state index contributed by atoms with van der Waals surface area (Å²) in [5, 5.41) is 6.61. The third-order valence-corrected chi connectivity index (χ3v) is 5.86. The Morgan fingerprint density at radius 1 is 0.966 bits per heavy atom. The van der Waals surface area contributed by atoms with Gasteiger partial charge in [0, 0.05) is 26.4 Å². The molecule has 0 saturated carbocycles. The minimum Gasteiger partial charge on any atom is -0.356 e. The molecule has 0 bridgehead atoms. The van der Waals surface area contributed by atoms with E-state index in [-0.39, 0.29) is 24.0 Å². The largest absolute Gasteiger partial charge is 0.356 e. The summed E-state index contributed by atoms with van der Waals surface area (Å²) in [6, 6.07) is 16.0. The molecular formula is C22H32IN3O2S. The summed E-state index contributed by atoms with van der Waals surface area (Å²) in [4.78, 5) is 4.63. The molecule has 5 nitrogen and oxygen atoms in total. The fraction of sp³-hybridized carbons (Fsp3) is 0.409. The predicted molar refractivity (Wildman–Crippen MR) is 132 cm³/mol. The van der Waals surface area contributed by atoms with E-state index in [0.29, 0.717) is 11.4 Å². The highest BCUT2D eigenvalue weighted by Crippen LogP contribution is 2.16. The van der Waals surface area contributed by atoms with Crippen molar-refractivity contribution in [3.63, 3.8) is 0 Å². The average molecular weight is 529 g/mol. The zero-order chi connectivity index (χ0) is 20.4. The number of aryl methyl sites for hydroxylation is 2. The molecule has 0 spiro atoms. The third kappa shape index (κ3) is 9.16. The Morgan fingerprint density at radius 2 is 1.69 bits per heavy atom. The van der Waals surface area contributed by atoms with Crippen molar-refractivity contribution in [3.05, 3.63) is 65.2 Å². The summed E-state index contributed by atoms with van der Waals surface area (Å²) in [5.41, 5.74) is 3.18. The van der Waals surface area contributed by atoms with Crippen LogP contribution in [0.4, 0.5) is 0 Å². The Bertz CT molecular complexity index is 884. The van der Waals surface area contributed by atoms with E-state index in [9.17, 15) is 8.42 Å². The van der Waals surface area contributed by atoms with Crippen LogP contribution in [0, 0.1) is 6.92 Å². The number of rotatable bonds is 9. The minimum absolute atomic E-state index is 0. The van der Waals surface area contributed by atoms with Crippen LogP contribution in [0.15, 0.2) is 58.4 Å². The van der Waals surface area contributed by atoms with Crippen molar-refractivity contribution in [2.45, 2.75) is 44.0 Å². The van der Waals surface area contributed by atoms with Gasteiger partial charge in [0.25, 0.3) is 0 Å². The SMILES string of the molecule is CN=C(NCCCCCc1ccccc1)NCc1ccc(S(C)(=O)=O)c(C)c1.I. The number of nitrogens with one attached hydrogen (secondary N) is 2. The van der Waals surface area contributed by atoms with Gasteiger partial charge in [0.15, 0.2) is 15.8 Å². The first-order valence-corrected chi connectivity index (χ1v) is 11.6. The number of hydrogen-bond acceptors (Lipinski definition) is 3. The molecule has 2 rings (SSSR count). The quantitative estimate of drug-likeness (QED) is 0.222. The lowest BCUT2D eigenvalue weighted by Crippen LogP contribution is -2.37. The Kier molecular flexibility index (Phi) is 11.3. The first kappa shape index (κ1) is 25.4. The number of guanidine groups is 1. The molecule has 0 aromatic heterocycles. The molecule has 0 radical (unpaired) electrons. The normalized spacial score (nSPS) is 11.6. The molecule has 0 aliphatic carbocycles. The van der Waals surface area contributed by atoms with Gasteiger partial charge in [-0.3, -0.25) is 4.99 Å². The number of aliphatic imine (C=N–C) groups is 1. The van der Waals surface area contributed by atoms with E-state index >= 15 is 0 Å². The van der Waals surface area contributed by atoms with Gasteiger partial charge in [-0.2, -0.15) is 0 Å². The number of halogens is 1. The summed E-state index contributed by atoms with van der Waals surface area (Å²) in [5.74, 6) is 0.757. The standard InChI is InChI=1S/C22H31N3O2S.HI/c1-18-16-20(13-14-21(18)28(3,26)27)17-25-22(23-2)24-15-9-5-8-12-19-10-6-4-7-11-19;/h4,6-7,10-11,13-14,16H,5,8-9,12,15,17H2,1-3H3,(H2,23,24,25);1H. The van der Waals surface area contributed by atoms with Gasteiger partial charge in [-0.25, -0.2) is 8.42 Å². The topological polar surface area (TPSA) is 70.6 Å². The number of hydrogen-bond donors (Lipinski definition) is 2. The molecule has 0 unspecified atom stereocenters. The fourth-order valence-corrected chi connectivity index (χ4v) is 4.09. The smallest absolute Gasteiger partial charge is 0.191 e. The molecule has 0 fully saturated rings. The van der Waals surface area contributed by atoms with Crippen LogP contribution in [-0.4, -0.2) is 34.2 Å². The molecule has 2 aromatic carbocycles. The fourth-order valence-electron chi connectivity index (χ4n) is 3.13. The van der Waals surface area contributed by atoms with Crippen LogP contribution in [0.1, 0.15) is 36.0 Å². The van der Waals surface area contributed by atoms with Crippen molar-refractivity contribution in [1.82, 2.24) is 10.6 Å². The van der Waals surface area contributed by atoms with E-state index in [1.165, 1.54) is 24.7 Å². The Balaban J connectivity index is 0.00000420. The molecule has 0 amide bonds. The lowest BCUT2D eigenvalue weighted by molar-refractivity contribution is 0.601. The zero-order valence-electron chi connectivity index (χ0n) is 17.4. The third-order valence-electron chi connectivity index (χ3n) is 4.60. The Hall–Kier alpha value is -1.61. The number of sulfone groups is 1. The van der Waals surface area contributed by atoms with Crippen molar-refractivity contribution in [2.24, 2.45) is 4.99 Å². The number of benzene rings is 2. The lowest BCUT2D eigenvalue weighted by atomic mass is 10.1. The molecule has 29 heavy (non-hydrogen) atoms. The second-order valence-electron chi connectivity index (χ2n) is 7.02. The van der Waals surface area contributed by atoms with Crippen LogP contribution in [-0.2, 0) is 22.8 Å². The van der Waals surface area contributed by atoms with Crippen molar-refractivity contribution in [1.29, 1.82) is 0 Å².